The Bertz CT molecular complexity index is 1420. The number of aromatic nitrogens is 5. The van der Waals surface area contributed by atoms with Gasteiger partial charge >= 0.3 is 0 Å². The lowest BCUT2D eigenvalue weighted by atomic mass is 10.1. The monoisotopic (exact) mass is 485 g/mol. The van der Waals surface area contributed by atoms with E-state index in [4.69, 9.17) is 10.2 Å². The fourth-order valence-electron chi connectivity index (χ4n) is 4.27. The number of nitrogens with two attached hydrogens (primary N) is 1. The largest absolute Gasteiger partial charge is 0.421 e. The molecule has 10 nitrogen and oxygen atoms in total. The summed E-state index contributed by atoms with van der Waals surface area (Å²) in [5, 5.41) is 12.5. The number of carbonyl (C=O) groups is 1. The van der Waals surface area contributed by atoms with Gasteiger partial charge in [0.2, 0.25) is 11.8 Å². The summed E-state index contributed by atoms with van der Waals surface area (Å²) < 4.78 is 6.96. The molecule has 0 saturated carbocycles. The van der Waals surface area contributed by atoms with Crippen LogP contribution in [-0.4, -0.2) is 42.3 Å². The average Bonchev–Trinajstić information content (AvgIpc) is 3.52. The Morgan fingerprint density at radius 2 is 1.89 bits per heavy atom. The lowest BCUT2D eigenvalue weighted by Crippen LogP contribution is -2.26. The third-order valence-electron chi connectivity index (χ3n) is 6.24. The summed E-state index contributed by atoms with van der Waals surface area (Å²) >= 11 is 0. The highest BCUT2D eigenvalue weighted by Crippen LogP contribution is 2.24. The van der Waals surface area contributed by atoms with Crippen molar-refractivity contribution >= 4 is 5.91 Å². The van der Waals surface area contributed by atoms with Crippen LogP contribution in [0.4, 0.5) is 0 Å². The molecule has 4 aromatic rings. The normalized spacial score (nSPS) is 12.7. The van der Waals surface area contributed by atoms with E-state index < -0.39 is 0 Å². The Balaban J connectivity index is 1.37. The van der Waals surface area contributed by atoms with Crippen molar-refractivity contribution < 1.29 is 9.21 Å². The molecule has 1 amide bonds. The van der Waals surface area contributed by atoms with Crippen LogP contribution in [0.1, 0.15) is 35.4 Å². The summed E-state index contributed by atoms with van der Waals surface area (Å²) in [6.07, 6.45) is 5.40. The summed E-state index contributed by atoms with van der Waals surface area (Å²) in [7, 11) is 0. The van der Waals surface area contributed by atoms with Gasteiger partial charge in [-0.25, -0.2) is 4.68 Å². The summed E-state index contributed by atoms with van der Waals surface area (Å²) in [4.78, 5) is 31.9. The van der Waals surface area contributed by atoms with Crippen LogP contribution in [-0.2, 0) is 30.8 Å². The number of unbranched alkanes of at least 4 members (excludes halogenated alkanes) is 1. The third kappa shape index (κ3) is 4.94. The van der Waals surface area contributed by atoms with E-state index >= 15 is 0 Å². The number of pyridine rings is 1. The van der Waals surface area contributed by atoms with Crippen molar-refractivity contribution in [1.82, 2.24) is 29.9 Å². The van der Waals surface area contributed by atoms with Gasteiger partial charge in [-0.3, -0.25) is 14.6 Å². The number of nitrogens with zero attached hydrogens (tertiary/aromatic N) is 6. The molecule has 10 heteroatoms. The zero-order valence-electron chi connectivity index (χ0n) is 20.1. The minimum Gasteiger partial charge on any atom is -0.421 e. The van der Waals surface area contributed by atoms with Crippen LogP contribution in [0.3, 0.4) is 0 Å². The lowest BCUT2D eigenvalue weighted by Gasteiger charge is -2.15. The molecule has 1 aliphatic heterocycles. The van der Waals surface area contributed by atoms with Crippen LogP contribution in [0, 0.1) is 6.92 Å². The molecule has 0 aliphatic carbocycles. The Kier molecular flexibility index (Phi) is 6.68. The number of hydrogen-bond acceptors (Lipinski definition) is 8. The molecule has 0 atom stereocenters. The fraction of sp³-hybridized carbons (Fsp3) is 0.308. The molecule has 0 spiro atoms. The zero-order valence-corrected chi connectivity index (χ0v) is 20.1. The van der Waals surface area contributed by atoms with Crippen molar-refractivity contribution in [3.8, 4) is 22.7 Å². The van der Waals surface area contributed by atoms with Gasteiger partial charge in [0.25, 0.3) is 11.4 Å². The summed E-state index contributed by atoms with van der Waals surface area (Å²) in [5.74, 6) is 0.612. The fourth-order valence-corrected chi connectivity index (χ4v) is 4.27. The maximum Gasteiger partial charge on any atom is 0.279 e. The van der Waals surface area contributed by atoms with Crippen molar-refractivity contribution in [2.75, 3.05) is 6.54 Å². The molecule has 36 heavy (non-hydrogen) atoms. The highest BCUT2D eigenvalue weighted by molar-refractivity contribution is 5.79. The predicted octanol–water partition coefficient (Wildman–Crippen LogP) is 2.49. The first-order chi connectivity index (χ1) is 17.5. The van der Waals surface area contributed by atoms with Crippen molar-refractivity contribution in [1.29, 1.82) is 0 Å². The van der Waals surface area contributed by atoms with Gasteiger partial charge in [0, 0.05) is 44.5 Å². The predicted molar refractivity (Wildman–Crippen MR) is 132 cm³/mol. The van der Waals surface area contributed by atoms with Gasteiger partial charge in [-0.2, -0.15) is 5.10 Å². The topological polar surface area (TPSA) is 133 Å². The van der Waals surface area contributed by atoms with Crippen molar-refractivity contribution in [3.63, 3.8) is 0 Å². The second kappa shape index (κ2) is 10.2. The summed E-state index contributed by atoms with van der Waals surface area (Å²) in [6.45, 7) is 3.86. The Morgan fingerprint density at radius 1 is 1.08 bits per heavy atom. The second-order valence-corrected chi connectivity index (χ2v) is 8.86. The van der Waals surface area contributed by atoms with Crippen LogP contribution in [0.25, 0.3) is 22.7 Å². The molecule has 0 fully saturated rings. The van der Waals surface area contributed by atoms with Gasteiger partial charge in [0.05, 0.1) is 12.1 Å². The van der Waals surface area contributed by atoms with E-state index in [0.717, 1.165) is 35.1 Å². The average molecular weight is 486 g/mol. The second-order valence-electron chi connectivity index (χ2n) is 8.86. The Labute approximate surface area is 207 Å². The molecule has 184 valence electrons. The van der Waals surface area contributed by atoms with E-state index in [1.165, 1.54) is 4.68 Å². The molecular weight excluding hydrogens is 458 g/mol. The molecule has 0 saturated heterocycles. The van der Waals surface area contributed by atoms with Crippen LogP contribution >= 0.6 is 0 Å². The smallest absolute Gasteiger partial charge is 0.279 e. The minimum atomic E-state index is -0.288. The van der Waals surface area contributed by atoms with E-state index in [0.29, 0.717) is 49.7 Å². The van der Waals surface area contributed by atoms with Crippen LogP contribution in [0.5, 0.6) is 0 Å². The molecule has 3 aromatic heterocycles. The van der Waals surface area contributed by atoms with Gasteiger partial charge in [0.1, 0.15) is 5.56 Å². The quantitative estimate of drug-likeness (QED) is 0.376. The molecule has 4 heterocycles. The van der Waals surface area contributed by atoms with Crippen LogP contribution in [0.15, 0.2) is 58.0 Å². The van der Waals surface area contributed by atoms with Crippen molar-refractivity contribution in [2.45, 2.75) is 45.8 Å². The number of carbonyl (C=O) groups excluding carboxylic acids is 1. The molecule has 0 unspecified atom stereocenters. The van der Waals surface area contributed by atoms with E-state index in [2.05, 4.69) is 20.3 Å². The van der Waals surface area contributed by atoms with Gasteiger partial charge in [-0.05, 0) is 48.2 Å². The molecule has 2 N–H and O–H groups in total. The maximum absolute atomic E-state index is 13.0. The SMILES string of the molecule is Cc1nnc(-c2cc(-c3ccc(CC(=O)N4Cc5ccncc5C4)cc3)nn(CCCCN)c2=O)o1. The Morgan fingerprint density at radius 3 is 2.61 bits per heavy atom. The first-order valence-corrected chi connectivity index (χ1v) is 11.9. The number of benzene rings is 1. The lowest BCUT2D eigenvalue weighted by molar-refractivity contribution is -0.131. The number of aryl methyl sites for hydroxylation is 2. The van der Waals surface area contributed by atoms with Crippen molar-refractivity contribution in [2.24, 2.45) is 5.73 Å². The standard InChI is InChI=1S/C26H27N7O3/c1-17-29-30-25(36-17)22-13-23(31-33(26(22)35)11-3-2-9-27)19-6-4-18(5-7-19)12-24(34)32-15-20-8-10-28-14-21(20)16-32/h4-8,10,13-14H,2-3,9,11-12,15-16,27H2,1H3. The Hall–Kier alpha value is -4.18. The molecular formula is C26H27N7O3. The first kappa shape index (κ1) is 23.6. The van der Waals surface area contributed by atoms with Gasteiger partial charge in [0.15, 0.2) is 0 Å². The van der Waals surface area contributed by atoms with Gasteiger partial charge in [-0.15, -0.1) is 10.2 Å². The number of amides is 1. The summed E-state index contributed by atoms with van der Waals surface area (Å²) in [5.41, 5.74) is 10.2. The molecule has 0 radical (unpaired) electrons. The van der Waals surface area contributed by atoms with Gasteiger partial charge in [-0.1, -0.05) is 24.3 Å². The molecule has 0 bridgehead atoms. The van der Waals surface area contributed by atoms with Crippen molar-refractivity contribution in [3.05, 3.63) is 81.7 Å². The highest BCUT2D eigenvalue weighted by atomic mass is 16.4. The number of rotatable bonds is 8. The van der Waals surface area contributed by atoms with Gasteiger partial charge < -0.3 is 15.1 Å². The molecule has 5 rings (SSSR count). The molecule has 1 aliphatic rings. The van der Waals surface area contributed by atoms with E-state index in [1.807, 2.05) is 41.4 Å². The third-order valence-corrected chi connectivity index (χ3v) is 6.24. The van der Waals surface area contributed by atoms with E-state index in [-0.39, 0.29) is 17.4 Å². The summed E-state index contributed by atoms with van der Waals surface area (Å²) in [6, 6.07) is 11.3. The number of fused-ring (bicyclic) bond motifs is 1. The minimum absolute atomic E-state index is 0.0691. The van der Waals surface area contributed by atoms with Crippen LogP contribution < -0.4 is 11.3 Å². The number of hydrogen-bond donors (Lipinski definition) is 1. The first-order valence-electron chi connectivity index (χ1n) is 11.9. The van der Waals surface area contributed by atoms with E-state index in [1.54, 1.807) is 19.2 Å². The zero-order chi connectivity index (χ0) is 25.1. The van der Waals surface area contributed by atoms with Crippen LogP contribution in [0.2, 0.25) is 0 Å². The maximum atomic E-state index is 13.0. The highest BCUT2D eigenvalue weighted by Gasteiger charge is 2.23. The van der Waals surface area contributed by atoms with E-state index in [9.17, 15) is 9.59 Å². The molecule has 1 aromatic carbocycles.